The van der Waals surface area contributed by atoms with Crippen LogP contribution in [0.25, 0.3) is 0 Å². The summed E-state index contributed by atoms with van der Waals surface area (Å²) in [5.41, 5.74) is 1.15. The van der Waals surface area contributed by atoms with Gasteiger partial charge in [-0.05, 0) is 31.9 Å². The van der Waals surface area contributed by atoms with E-state index >= 15 is 0 Å². The number of para-hydroxylation sites is 1. The van der Waals surface area contributed by atoms with E-state index in [1.165, 1.54) is 6.92 Å². The third-order valence-corrected chi connectivity index (χ3v) is 3.87. The van der Waals surface area contributed by atoms with Crippen molar-refractivity contribution in [2.24, 2.45) is 0 Å². The fraction of sp³-hybridized carbons (Fsp3) is 0.556. The molecule has 1 rings (SSSR count). The smallest absolute Gasteiger partial charge is 0.220 e. The number of nitrogens with zero attached hydrogens (tertiary/aromatic N) is 1. The van der Waals surface area contributed by atoms with Crippen LogP contribution in [-0.4, -0.2) is 38.0 Å². The lowest BCUT2D eigenvalue weighted by atomic mass is 10.2. The predicted molar refractivity (Wildman–Crippen MR) is 94.5 cm³/mol. The molecular formula is C18H29N3O2. The highest BCUT2D eigenvalue weighted by atomic mass is 16.2. The standard InChI is InChI=1S/C18H29N3O2/c1-15(21(3)17-10-6-4-7-11-17)14-20-18(23)12-8-5-9-13-19-16(2)22/h4,6-7,10-11,15H,5,8-9,12-14H2,1-3H3,(H,19,22)(H,20,23)/t15-/m0/s1. The summed E-state index contributed by atoms with van der Waals surface area (Å²) in [4.78, 5) is 24.7. The first-order valence-corrected chi connectivity index (χ1v) is 8.29. The predicted octanol–water partition coefficient (Wildman–Crippen LogP) is 2.32. The van der Waals surface area contributed by atoms with Gasteiger partial charge in [0.25, 0.3) is 0 Å². The van der Waals surface area contributed by atoms with E-state index in [1.54, 1.807) is 0 Å². The third-order valence-electron chi connectivity index (χ3n) is 3.87. The second-order valence-corrected chi connectivity index (χ2v) is 5.89. The number of amides is 2. The summed E-state index contributed by atoms with van der Waals surface area (Å²) < 4.78 is 0. The number of hydrogen-bond acceptors (Lipinski definition) is 3. The number of hydrogen-bond donors (Lipinski definition) is 2. The van der Waals surface area contributed by atoms with Crippen LogP contribution in [0.15, 0.2) is 30.3 Å². The van der Waals surface area contributed by atoms with Gasteiger partial charge in [0, 0.05) is 45.2 Å². The maximum atomic E-state index is 11.8. The van der Waals surface area contributed by atoms with Crippen molar-refractivity contribution in [2.45, 2.75) is 45.6 Å². The zero-order valence-electron chi connectivity index (χ0n) is 14.5. The lowest BCUT2D eigenvalue weighted by Gasteiger charge is -2.27. The molecule has 23 heavy (non-hydrogen) atoms. The van der Waals surface area contributed by atoms with Crippen LogP contribution in [0.3, 0.4) is 0 Å². The zero-order chi connectivity index (χ0) is 17.1. The molecule has 0 heterocycles. The molecule has 5 nitrogen and oxygen atoms in total. The largest absolute Gasteiger partial charge is 0.370 e. The molecule has 1 atom stereocenters. The summed E-state index contributed by atoms with van der Waals surface area (Å²) in [6, 6.07) is 10.4. The molecule has 0 saturated carbocycles. The van der Waals surface area contributed by atoms with Crippen LogP contribution >= 0.6 is 0 Å². The topological polar surface area (TPSA) is 61.4 Å². The highest BCUT2D eigenvalue weighted by Gasteiger charge is 2.11. The molecule has 0 fully saturated rings. The SMILES string of the molecule is CC(=O)NCCCCCC(=O)NC[C@H](C)N(C)c1ccccc1. The van der Waals surface area contributed by atoms with Gasteiger partial charge in [0.15, 0.2) is 0 Å². The number of carbonyl (C=O) groups is 2. The first kappa shape index (κ1) is 19.0. The van der Waals surface area contributed by atoms with Crippen LogP contribution in [-0.2, 0) is 9.59 Å². The molecule has 0 spiro atoms. The van der Waals surface area contributed by atoms with Gasteiger partial charge in [0.2, 0.25) is 11.8 Å². The van der Waals surface area contributed by atoms with Crippen LogP contribution < -0.4 is 15.5 Å². The monoisotopic (exact) mass is 319 g/mol. The molecule has 0 aliphatic rings. The molecule has 0 unspecified atom stereocenters. The van der Waals surface area contributed by atoms with Crippen LogP contribution in [0.5, 0.6) is 0 Å². The quantitative estimate of drug-likeness (QED) is 0.651. The Morgan fingerprint density at radius 1 is 1.09 bits per heavy atom. The molecule has 128 valence electrons. The number of anilines is 1. The summed E-state index contributed by atoms with van der Waals surface area (Å²) >= 11 is 0. The van der Waals surface area contributed by atoms with E-state index in [-0.39, 0.29) is 17.9 Å². The van der Waals surface area contributed by atoms with E-state index in [4.69, 9.17) is 0 Å². The van der Waals surface area contributed by atoms with Crippen LogP contribution in [0.2, 0.25) is 0 Å². The highest BCUT2D eigenvalue weighted by Crippen LogP contribution is 2.13. The van der Waals surface area contributed by atoms with Crippen LogP contribution in [0.1, 0.15) is 39.5 Å². The van der Waals surface area contributed by atoms with Crippen molar-refractivity contribution in [2.75, 3.05) is 25.0 Å². The van der Waals surface area contributed by atoms with Gasteiger partial charge in [-0.1, -0.05) is 24.6 Å². The van der Waals surface area contributed by atoms with Gasteiger partial charge in [-0.3, -0.25) is 9.59 Å². The molecule has 0 radical (unpaired) electrons. The Bertz CT molecular complexity index is 476. The average Bonchev–Trinajstić information content (AvgIpc) is 2.55. The molecule has 2 N–H and O–H groups in total. The number of rotatable bonds is 10. The minimum atomic E-state index is -0.000679. The Kier molecular flexibility index (Phi) is 8.80. The maximum Gasteiger partial charge on any atom is 0.220 e. The normalized spacial score (nSPS) is 11.6. The van der Waals surface area contributed by atoms with Crippen molar-refractivity contribution in [1.82, 2.24) is 10.6 Å². The number of likely N-dealkylation sites (N-methyl/N-ethyl adjacent to an activating group) is 1. The molecule has 0 aliphatic carbocycles. The minimum absolute atomic E-state index is 0.000679. The summed E-state index contributed by atoms with van der Waals surface area (Å²) in [7, 11) is 2.04. The molecule has 2 amide bonds. The molecule has 1 aromatic rings. The van der Waals surface area contributed by atoms with Crippen LogP contribution in [0.4, 0.5) is 5.69 Å². The Morgan fingerprint density at radius 3 is 2.43 bits per heavy atom. The lowest BCUT2D eigenvalue weighted by Crippen LogP contribution is -2.40. The van der Waals surface area contributed by atoms with Gasteiger partial charge in [-0.25, -0.2) is 0 Å². The van der Waals surface area contributed by atoms with E-state index in [1.807, 2.05) is 25.2 Å². The van der Waals surface area contributed by atoms with Gasteiger partial charge < -0.3 is 15.5 Å². The molecule has 0 saturated heterocycles. The second kappa shape index (κ2) is 10.6. The average molecular weight is 319 g/mol. The van der Waals surface area contributed by atoms with Crippen molar-refractivity contribution in [3.63, 3.8) is 0 Å². The van der Waals surface area contributed by atoms with Gasteiger partial charge in [0.05, 0.1) is 0 Å². The summed E-state index contributed by atoms with van der Waals surface area (Å²) in [5, 5.41) is 5.75. The van der Waals surface area contributed by atoms with Crippen molar-refractivity contribution in [3.05, 3.63) is 30.3 Å². The lowest BCUT2D eigenvalue weighted by molar-refractivity contribution is -0.121. The van der Waals surface area contributed by atoms with E-state index in [2.05, 4.69) is 34.6 Å². The number of nitrogens with one attached hydrogen (secondary N) is 2. The maximum absolute atomic E-state index is 11.8. The highest BCUT2D eigenvalue weighted by molar-refractivity contribution is 5.75. The molecule has 1 aromatic carbocycles. The van der Waals surface area contributed by atoms with Gasteiger partial charge in [0.1, 0.15) is 0 Å². The molecular weight excluding hydrogens is 290 g/mol. The Labute approximate surface area is 139 Å². The van der Waals surface area contributed by atoms with Gasteiger partial charge >= 0.3 is 0 Å². The Hall–Kier alpha value is -2.04. The summed E-state index contributed by atoms with van der Waals surface area (Å²) in [6.45, 7) is 4.94. The molecule has 0 aliphatic heterocycles. The van der Waals surface area contributed by atoms with Crippen molar-refractivity contribution >= 4 is 17.5 Å². The molecule has 0 aromatic heterocycles. The van der Waals surface area contributed by atoms with Crippen molar-refractivity contribution in [3.8, 4) is 0 Å². The third kappa shape index (κ3) is 8.24. The minimum Gasteiger partial charge on any atom is -0.370 e. The Morgan fingerprint density at radius 2 is 1.78 bits per heavy atom. The van der Waals surface area contributed by atoms with E-state index in [0.717, 1.165) is 24.9 Å². The van der Waals surface area contributed by atoms with Gasteiger partial charge in [-0.2, -0.15) is 0 Å². The first-order valence-electron chi connectivity index (χ1n) is 8.29. The molecule has 5 heteroatoms. The fourth-order valence-corrected chi connectivity index (χ4v) is 2.26. The van der Waals surface area contributed by atoms with Gasteiger partial charge in [-0.15, -0.1) is 0 Å². The van der Waals surface area contributed by atoms with Crippen molar-refractivity contribution in [1.29, 1.82) is 0 Å². The second-order valence-electron chi connectivity index (χ2n) is 5.89. The number of unbranched alkanes of at least 4 members (excludes halogenated alkanes) is 2. The number of benzene rings is 1. The van der Waals surface area contributed by atoms with E-state index in [0.29, 0.717) is 19.5 Å². The summed E-state index contributed by atoms with van der Waals surface area (Å²) in [5.74, 6) is 0.0945. The number of carbonyl (C=O) groups excluding carboxylic acids is 2. The van der Waals surface area contributed by atoms with Crippen LogP contribution in [0, 0.1) is 0 Å². The zero-order valence-corrected chi connectivity index (χ0v) is 14.5. The van der Waals surface area contributed by atoms with E-state index < -0.39 is 0 Å². The van der Waals surface area contributed by atoms with Crippen molar-refractivity contribution < 1.29 is 9.59 Å². The summed E-state index contributed by atoms with van der Waals surface area (Å²) in [6.07, 6.45) is 3.27. The molecule has 0 bridgehead atoms. The Balaban J connectivity index is 2.14. The van der Waals surface area contributed by atoms with E-state index in [9.17, 15) is 9.59 Å². The fourth-order valence-electron chi connectivity index (χ4n) is 2.26. The first-order chi connectivity index (χ1) is 11.0.